The van der Waals surface area contributed by atoms with Gasteiger partial charge in [-0.15, -0.1) is 0 Å². The van der Waals surface area contributed by atoms with Gasteiger partial charge in [0.2, 0.25) is 0 Å². The number of nitrogens with zero attached hydrogens (tertiary/aromatic N) is 1. The van der Waals surface area contributed by atoms with Crippen molar-refractivity contribution in [2.75, 3.05) is 52.1 Å². The summed E-state index contributed by atoms with van der Waals surface area (Å²) in [5.74, 6) is 1.59. The summed E-state index contributed by atoms with van der Waals surface area (Å²) in [4.78, 5) is 27.3. The first-order valence-corrected chi connectivity index (χ1v) is 18.3. The predicted octanol–water partition coefficient (Wildman–Crippen LogP) is 6.49. The number of ketones is 1. The standard InChI is InChI=1S/C34H51N3O7Si/c1-22-15-24(21-44-45(8,9)34(3,4)5)37(20-22)33(39)26-17-30(41-7)32(19-28(26)36)43-14-12-10-11-13-42-31-18-27(35)25(23(2)38)16-29(31)40-6/h16-19,24H,1,10-15,20-21,35-36H2,2-9H3/t24-/m0/s1. The molecule has 45 heavy (non-hydrogen) atoms. The first kappa shape index (κ1) is 35.8. The number of methoxy groups -OCH3 is 2. The predicted molar refractivity (Wildman–Crippen MR) is 181 cm³/mol. The van der Waals surface area contributed by atoms with Crippen molar-refractivity contribution in [2.24, 2.45) is 0 Å². The molecule has 1 heterocycles. The molecule has 0 aromatic heterocycles. The van der Waals surface area contributed by atoms with Gasteiger partial charge in [-0.1, -0.05) is 32.9 Å². The van der Waals surface area contributed by atoms with Crippen molar-refractivity contribution in [3.8, 4) is 23.0 Å². The van der Waals surface area contributed by atoms with Gasteiger partial charge in [0.05, 0.1) is 45.6 Å². The maximum Gasteiger partial charge on any atom is 0.256 e. The molecule has 4 N–H and O–H groups in total. The Balaban J connectivity index is 1.55. The topological polar surface area (TPSA) is 136 Å². The quantitative estimate of drug-likeness (QED) is 0.0735. The molecule has 0 spiro atoms. The smallest absolute Gasteiger partial charge is 0.256 e. The summed E-state index contributed by atoms with van der Waals surface area (Å²) in [6.07, 6.45) is 3.09. The van der Waals surface area contributed by atoms with Crippen molar-refractivity contribution in [3.05, 3.63) is 47.5 Å². The number of rotatable bonds is 15. The van der Waals surface area contributed by atoms with Gasteiger partial charge in [-0.25, -0.2) is 0 Å². The third-order valence-electron chi connectivity index (χ3n) is 8.65. The summed E-state index contributed by atoms with van der Waals surface area (Å²) in [5, 5.41) is 0.0761. The molecule has 11 heteroatoms. The normalized spacial score (nSPS) is 15.2. The average Bonchev–Trinajstić information content (AvgIpc) is 3.35. The van der Waals surface area contributed by atoms with E-state index in [9.17, 15) is 9.59 Å². The fourth-order valence-electron chi connectivity index (χ4n) is 4.87. The lowest BCUT2D eigenvalue weighted by Crippen LogP contribution is -2.46. The molecule has 1 fully saturated rings. The molecule has 2 aromatic carbocycles. The van der Waals surface area contributed by atoms with Gasteiger partial charge in [-0.2, -0.15) is 0 Å². The van der Waals surface area contributed by atoms with E-state index in [2.05, 4.69) is 40.4 Å². The minimum absolute atomic E-state index is 0.0761. The van der Waals surface area contributed by atoms with E-state index in [1.807, 2.05) is 4.90 Å². The molecule has 2 aromatic rings. The fraction of sp³-hybridized carbons (Fsp3) is 0.529. The maximum atomic E-state index is 13.7. The zero-order chi connectivity index (χ0) is 33.5. The maximum absolute atomic E-state index is 13.7. The molecule has 10 nitrogen and oxygen atoms in total. The van der Waals surface area contributed by atoms with Gasteiger partial charge in [-0.3, -0.25) is 9.59 Å². The number of nitrogens with two attached hydrogens (primary N) is 2. The van der Waals surface area contributed by atoms with Crippen molar-refractivity contribution in [3.63, 3.8) is 0 Å². The molecule has 1 aliphatic heterocycles. The lowest BCUT2D eigenvalue weighted by atomic mass is 10.1. The SMILES string of the molecule is C=C1C[C@@H](CO[Si](C)(C)C(C)(C)C)N(C(=O)c2cc(OC)c(OCCCCCOc3cc(N)c(C(C)=O)cc3OC)cc2N)C1. The van der Waals surface area contributed by atoms with E-state index in [-0.39, 0.29) is 22.8 Å². The summed E-state index contributed by atoms with van der Waals surface area (Å²) in [6.45, 7) is 18.5. The molecular weight excluding hydrogens is 590 g/mol. The number of hydrogen-bond acceptors (Lipinski definition) is 9. The first-order chi connectivity index (χ1) is 21.1. The second kappa shape index (κ2) is 15.1. The van der Waals surface area contributed by atoms with Crippen LogP contribution in [0.25, 0.3) is 0 Å². The van der Waals surface area contributed by atoms with E-state index in [4.69, 9.17) is 34.8 Å². The Bertz CT molecular complexity index is 1390. The number of unbranched alkanes of at least 4 members (excludes halogenated alkanes) is 2. The Hall–Kier alpha value is -3.70. The molecule has 0 bridgehead atoms. The van der Waals surface area contributed by atoms with Crippen LogP contribution in [-0.2, 0) is 4.43 Å². The number of Topliss-reactive ketones (excluding diaryl/α,β-unsaturated/α-hetero) is 1. The van der Waals surface area contributed by atoms with Crippen LogP contribution in [0.4, 0.5) is 11.4 Å². The second-order valence-electron chi connectivity index (χ2n) is 13.1. The zero-order valence-corrected chi connectivity index (χ0v) is 29.2. The van der Waals surface area contributed by atoms with Crippen molar-refractivity contribution < 1.29 is 33.0 Å². The molecule has 3 rings (SSSR count). The van der Waals surface area contributed by atoms with Crippen LogP contribution in [0.3, 0.4) is 0 Å². The van der Waals surface area contributed by atoms with Crippen LogP contribution < -0.4 is 30.4 Å². The molecule has 1 aliphatic rings. The van der Waals surface area contributed by atoms with Crippen LogP contribution >= 0.6 is 0 Å². The van der Waals surface area contributed by atoms with Gasteiger partial charge in [0.25, 0.3) is 5.91 Å². The minimum atomic E-state index is -1.98. The molecular formula is C34H51N3O7Si. The highest BCUT2D eigenvalue weighted by molar-refractivity contribution is 6.74. The highest BCUT2D eigenvalue weighted by atomic mass is 28.4. The first-order valence-electron chi connectivity index (χ1n) is 15.4. The van der Waals surface area contributed by atoms with Crippen LogP contribution in [0.5, 0.6) is 23.0 Å². The molecule has 1 amide bonds. The van der Waals surface area contributed by atoms with Gasteiger partial charge in [0.15, 0.2) is 37.1 Å². The molecule has 0 unspecified atom stereocenters. The minimum Gasteiger partial charge on any atom is -0.493 e. The number of carbonyl (C=O) groups excluding carboxylic acids is 2. The highest BCUT2D eigenvalue weighted by Crippen LogP contribution is 2.38. The Kier molecular flexibility index (Phi) is 12.0. The number of anilines is 2. The van der Waals surface area contributed by atoms with Gasteiger partial charge in [0.1, 0.15) is 0 Å². The lowest BCUT2D eigenvalue weighted by Gasteiger charge is -2.38. The number of benzene rings is 2. The van der Waals surface area contributed by atoms with E-state index in [0.717, 1.165) is 24.8 Å². The van der Waals surface area contributed by atoms with Crippen molar-refractivity contribution >= 4 is 31.4 Å². The summed E-state index contributed by atoms with van der Waals surface area (Å²) in [7, 11) is 1.09. The van der Waals surface area contributed by atoms with E-state index in [1.54, 1.807) is 31.4 Å². The van der Waals surface area contributed by atoms with E-state index >= 15 is 0 Å². The Morgan fingerprint density at radius 2 is 1.40 bits per heavy atom. The number of hydrogen-bond donors (Lipinski definition) is 2. The summed E-state index contributed by atoms with van der Waals surface area (Å²) < 4.78 is 29.3. The Labute approximate surface area is 269 Å². The van der Waals surface area contributed by atoms with E-state index < -0.39 is 8.32 Å². The number of nitrogen functional groups attached to an aromatic ring is 2. The number of likely N-dealkylation sites (tertiary alicyclic amines) is 1. The average molecular weight is 642 g/mol. The zero-order valence-electron chi connectivity index (χ0n) is 28.2. The summed E-state index contributed by atoms with van der Waals surface area (Å²) in [5.41, 5.74) is 14.8. The second-order valence-corrected chi connectivity index (χ2v) is 17.9. The number of carbonyl (C=O) groups is 2. The summed E-state index contributed by atoms with van der Waals surface area (Å²) in [6, 6.07) is 6.44. The van der Waals surface area contributed by atoms with Gasteiger partial charge in [0, 0.05) is 35.6 Å². The molecule has 0 saturated carbocycles. The molecule has 0 radical (unpaired) electrons. The molecule has 0 aliphatic carbocycles. The van der Waals surface area contributed by atoms with E-state index in [0.29, 0.717) is 78.3 Å². The highest BCUT2D eigenvalue weighted by Gasteiger charge is 2.40. The number of ether oxygens (including phenoxy) is 4. The summed E-state index contributed by atoms with van der Waals surface area (Å²) >= 11 is 0. The van der Waals surface area contributed by atoms with Gasteiger partial charge >= 0.3 is 0 Å². The number of amides is 1. The lowest BCUT2D eigenvalue weighted by molar-refractivity contribution is 0.0686. The largest absolute Gasteiger partial charge is 0.493 e. The van der Waals surface area contributed by atoms with Crippen LogP contribution in [0.1, 0.15) is 74.1 Å². The van der Waals surface area contributed by atoms with Crippen LogP contribution in [0, 0.1) is 0 Å². The molecule has 248 valence electrons. The molecule has 1 atom stereocenters. The Morgan fingerprint density at radius 3 is 1.89 bits per heavy atom. The third-order valence-corrected chi connectivity index (χ3v) is 13.1. The van der Waals surface area contributed by atoms with Gasteiger partial charge < -0.3 is 39.7 Å². The van der Waals surface area contributed by atoms with E-state index in [1.165, 1.54) is 14.0 Å². The van der Waals surface area contributed by atoms with Crippen LogP contribution in [-0.4, -0.2) is 71.5 Å². The third kappa shape index (κ3) is 8.94. The monoisotopic (exact) mass is 641 g/mol. The van der Waals surface area contributed by atoms with Crippen molar-refractivity contribution in [1.29, 1.82) is 0 Å². The van der Waals surface area contributed by atoms with Crippen LogP contribution in [0.2, 0.25) is 18.1 Å². The Morgan fingerprint density at radius 1 is 0.889 bits per heavy atom. The van der Waals surface area contributed by atoms with Gasteiger partial charge in [-0.05, 0) is 62.9 Å². The van der Waals surface area contributed by atoms with Crippen molar-refractivity contribution in [2.45, 2.75) is 77.6 Å². The molecule has 1 saturated heterocycles. The van der Waals surface area contributed by atoms with Crippen molar-refractivity contribution in [1.82, 2.24) is 4.90 Å². The van der Waals surface area contributed by atoms with Crippen LogP contribution in [0.15, 0.2) is 36.4 Å². The fourth-order valence-corrected chi connectivity index (χ4v) is 5.91.